The van der Waals surface area contributed by atoms with Crippen molar-refractivity contribution in [3.05, 3.63) is 63.9 Å². The van der Waals surface area contributed by atoms with Gasteiger partial charge in [0.05, 0.1) is 9.48 Å². The van der Waals surface area contributed by atoms with Crippen LogP contribution in [0.5, 0.6) is 0 Å². The van der Waals surface area contributed by atoms with Gasteiger partial charge in [0.25, 0.3) is 0 Å². The SMILES string of the molecule is Cc1ccc(-c2nc(-c3ccccc3)sc2Br)cc1. The molecule has 0 saturated carbocycles. The number of halogens is 1. The molecular weight excluding hydrogens is 318 g/mol. The smallest absolute Gasteiger partial charge is 0.125 e. The highest BCUT2D eigenvalue weighted by atomic mass is 79.9. The molecule has 0 radical (unpaired) electrons. The zero-order chi connectivity index (χ0) is 13.2. The second-order valence-electron chi connectivity index (χ2n) is 4.37. The number of aromatic nitrogens is 1. The van der Waals surface area contributed by atoms with Gasteiger partial charge in [0.15, 0.2) is 0 Å². The van der Waals surface area contributed by atoms with Crippen molar-refractivity contribution in [1.29, 1.82) is 0 Å². The predicted molar refractivity (Wildman–Crippen MR) is 85.4 cm³/mol. The van der Waals surface area contributed by atoms with Gasteiger partial charge in [0.2, 0.25) is 0 Å². The van der Waals surface area contributed by atoms with Crippen molar-refractivity contribution in [3.8, 4) is 21.8 Å². The minimum Gasteiger partial charge on any atom is -0.235 e. The van der Waals surface area contributed by atoms with Crippen LogP contribution in [0, 0.1) is 6.92 Å². The fourth-order valence-corrected chi connectivity index (χ4v) is 3.49. The molecule has 0 aliphatic carbocycles. The van der Waals surface area contributed by atoms with Crippen LogP contribution in [0.2, 0.25) is 0 Å². The summed E-state index contributed by atoms with van der Waals surface area (Å²) in [5, 5.41) is 1.04. The van der Waals surface area contributed by atoms with Gasteiger partial charge in [-0.15, -0.1) is 11.3 Å². The number of aryl methyl sites for hydroxylation is 1. The Kier molecular flexibility index (Phi) is 3.49. The number of benzene rings is 2. The van der Waals surface area contributed by atoms with E-state index in [0.29, 0.717) is 0 Å². The maximum Gasteiger partial charge on any atom is 0.125 e. The Morgan fingerprint density at radius 1 is 0.895 bits per heavy atom. The van der Waals surface area contributed by atoms with Crippen LogP contribution in [0.3, 0.4) is 0 Å². The fraction of sp³-hybridized carbons (Fsp3) is 0.0625. The highest BCUT2D eigenvalue weighted by Crippen LogP contribution is 2.37. The van der Waals surface area contributed by atoms with Crippen LogP contribution in [-0.4, -0.2) is 4.98 Å². The van der Waals surface area contributed by atoms with Crippen molar-refractivity contribution < 1.29 is 0 Å². The van der Waals surface area contributed by atoms with Gasteiger partial charge in [0.1, 0.15) is 5.01 Å². The summed E-state index contributed by atoms with van der Waals surface area (Å²) < 4.78 is 1.08. The third kappa shape index (κ3) is 2.62. The Morgan fingerprint density at radius 2 is 1.58 bits per heavy atom. The van der Waals surface area contributed by atoms with Crippen LogP contribution in [-0.2, 0) is 0 Å². The molecule has 1 nitrogen and oxygen atoms in total. The number of thiazole rings is 1. The molecule has 0 N–H and O–H groups in total. The molecule has 19 heavy (non-hydrogen) atoms. The quantitative estimate of drug-likeness (QED) is 0.600. The molecule has 1 aromatic heterocycles. The van der Waals surface area contributed by atoms with Gasteiger partial charge < -0.3 is 0 Å². The number of rotatable bonds is 2. The topological polar surface area (TPSA) is 12.9 Å². The van der Waals surface area contributed by atoms with E-state index in [0.717, 1.165) is 25.6 Å². The van der Waals surface area contributed by atoms with E-state index in [1.54, 1.807) is 11.3 Å². The summed E-state index contributed by atoms with van der Waals surface area (Å²) in [6.45, 7) is 2.09. The number of nitrogens with zero attached hydrogens (tertiary/aromatic N) is 1. The van der Waals surface area contributed by atoms with E-state index in [9.17, 15) is 0 Å². The maximum atomic E-state index is 4.75. The van der Waals surface area contributed by atoms with Gasteiger partial charge in [-0.25, -0.2) is 4.98 Å². The lowest BCUT2D eigenvalue weighted by Gasteiger charge is -1.98. The molecular formula is C16H12BrNS. The van der Waals surface area contributed by atoms with Gasteiger partial charge in [-0.3, -0.25) is 0 Å². The molecule has 3 aromatic rings. The second kappa shape index (κ2) is 5.27. The lowest BCUT2D eigenvalue weighted by Crippen LogP contribution is -1.80. The number of hydrogen-bond acceptors (Lipinski definition) is 2. The van der Waals surface area contributed by atoms with E-state index in [2.05, 4.69) is 59.3 Å². The van der Waals surface area contributed by atoms with Gasteiger partial charge in [0, 0.05) is 11.1 Å². The van der Waals surface area contributed by atoms with Crippen molar-refractivity contribution in [1.82, 2.24) is 4.98 Å². The molecule has 3 heteroatoms. The molecule has 0 saturated heterocycles. The molecule has 0 aliphatic rings. The molecule has 0 atom stereocenters. The molecule has 94 valence electrons. The first kappa shape index (κ1) is 12.6. The van der Waals surface area contributed by atoms with E-state index in [4.69, 9.17) is 4.98 Å². The Bertz CT molecular complexity index is 687. The third-order valence-electron chi connectivity index (χ3n) is 2.93. The van der Waals surface area contributed by atoms with Crippen molar-refractivity contribution in [3.63, 3.8) is 0 Å². The Balaban J connectivity index is 2.05. The standard InChI is InChI=1S/C16H12BrNS/c1-11-7-9-12(10-8-11)14-15(17)19-16(18-14)13-5-3-2-4-6-13/h2-10H,1H3. The zero-order valence-corrected chi connectivity index (χ0v) is 12.8. The van der Waals surface area contributed by atoms with E-state index in [1.807, 2.05) is 18.2 Å². The molecule has 0 fully saturated rings. The van der Waals surface area contributed by atoms with E-state index in [-0.39, 0.29) is 0 Å². The molecule has 1 heterocycles. The van der Waals surface area contributed by atoms with Crippen molar-refractivity contribution in [2.45, 2.75) is 6.92 Å². The Morgan fingerprint density at radius 3 is 2.26 bits per heavy atom. The first-order valence-electron chi connectivity index (χ1n) is 6.03. The fourth-order valence-electron chi connectivity index (χ4n) is 1.90. The average molecular weight is 330 g/mol. The normalized spacial score (nSPS) is 10.6. The minimum absolute atomic E-state index is 1.02. The summed E-state index contributed by atoms with van der Waals surface area (Å²) in [4.78, 5) is 4.75. The first-order chi connectivity index (χ1) is 9.24. The predicted octanol–water partition coefficient (Wildman–Crippen LogP) is 5.55. The van der Waals surface area contributed by atoms with Crippen LogP contribution >= 0.6 is 27.3 Å². The van der Waals surface area contributed by atoms with Gasteiger partial charge >= 0.3 is 0 Å². The van der Waals surface area contributed by atoms with Crippen molar-refractivity contribution >= 4 is 27.3 Å². The van der Waals surface area contributed by atoms with Crippen LogP contribution in [0.15, 0.2) is 58.4 Å². The van der Waals surface area contributed by atoms with E-state index < -0.39 is 0 Å². The highest BCUT2D eigenvalue weighted by Gasteiger charge is 2.11. The molecule has 2 aromatic carbocycles. The molecule has 0 unspecified atom stereocenters. The largest absolute Gasteiger partial charge is 0.235 e. The van der Waals surface area contributed by atoms with Crippen LogP contribution in [0.4, 0.5) is 0 Å². The lowest BCUT2D eigenvalue weighted by molar-refractivity contribution is 1.38. The van der Waals surface area contributed by atoms with E-state index in [1.165, 1.54) is 5.56 Å². The Labute approximate surface area is 125 Å². The summed E-state index contributed by atoms with van der Waals surface area (Å²) in [5.41, 5.74) is 4.59. The maximum absolute atomic E-state index is 4.75. The molecule has 0 aliphatic heterocycles. The lowest BCUT2D eigenvalue weighted by atomic mass is 10.1. The van der Waals surface area contributed by atoms with Gasteiger partial charge in [-0.05, 0) is 22.9 Å². The van der Waals surface area contributed by atoms with E-state index >= 15 is 0 Å². The summed E-state index contributed by atoms with van der Waals surface area (Å²) in [6, 6.07) is 18.7. The summed E-state index contributed by atoms with van der Waals surface area (Å²) in [6.07, 6.45) is 0. The van der Waals surface area contributed by atoms with Crippen LogP contribution < -0.4 is 0 Å². The monoisotopic (exact) mass is 329 g/mol. The Hall–Kier alpha value is -1.45. The summed E-state index contributed by atoms with van der Waals surface area (Å²) in [7, 11) is 0. The zero-order valence-electron chi connectivity index (χ0n) is 10.4. The third-order valence-corrected chi connectivity index (χ3v) is 4.69. The van der Waals surface area contributed by atoms with Crippen molar-refractivity contribution in [2.75, 3.05) is 0 Å². The van der Waals surface area contributed by atoms with Gasteiger partial charge in [-0.2, -0.15) is 0 Å². The number of hydrogen-bond donors (Lipinski definition) is 0. The van der Waals surface area contributed by atoms with Crippen LogP contribution in [0.1, 0.15) is 5.56 Å². The first-order valence-corrected chi connectivity index (χ1v) is 7.64. The molecule has 0 bridgehead atoms. The summed E-state index contributed by atoms with van der Waals surface area (Å²) >= 11 is 5.30. The average Bonchev–Trinajstić information content (AvgIpc) is 2.83. The summed E-state index contributed by atoms with van der Waals surface area (Å²) in [5.74, 6) is 0. The second-order valence-corrected chi connectivity index (χ2v) is 6.69. The minimum atomic E-state index is 1.02. The van der Waals surface area contributed by atoms with Crippen molar-refractivity contribution in [2.24, 2.45) is 0 Å². The van der Waals surface area contributed by atoms with Gasteiger partial charge in [-0.1, -0.05) is 60.2 Å². The molecule has 0 spiro atoms. The molecule has 3 rings (SSSR count). The molecule has 0 amide bonds. The van der Waals surface area contributed by atoms with Crippen LogP contribution in [0.25, 0.3) is 21.8 Å². The highest BCUT2D eigenvalue weighted by molar-refractivity contribution is 9.11.